The molecule has 7 heteroatoms. The molecule has 1 atom stereocenters. The van der Waals surface area contributed by atoms with E-state index in [0.29, 0.717) is 19.4 Å². The van der Waals surface area contributed by atoms with Gasteiger partial charge in [-0.2, -0.15) is 0 Å². The number of aliphatic imine (C=N–C) groups is 1. The van der Waals surface area contributed by atoms with Crippen molar-refractivity contribution in [2.75, 3.05) is 32.8 Å². The van der Waals surface area contributed by atoms with Crippen molar-refractivity contribution in [1.29, 1.82) is 0 Å². The fourth-order valence-corrected chi connectivity index (χ4v) is 3.00. The molecule has 0 radical (unpaired) electrons. The Morgan fingerprint density at radius 1 is 1.15 bits per heavy atom. The number of esters is 1. The molecule has 0 saturated carbocycles. The molecule has 7 nitrogen and oxygen atoms in total. The van der Waals surface area contributed by atoms with Crippen LogP contribution in [0.1, 0.15) is 65.7 Å². The molecule has 0 aromatic carbocycles. The van der Waals surface area contributed by atoms with Gasteiger partial charge in [-0.25, -0.2) is 0 Å². The molecule has 0 bridgehead atoms. The van der Waals surface area contributed by atoms with E-state index in [2.05, 4.69) is 15.6 Å². The topological polar surface area (TPSA) is 83.0 Å². The maximum Gasteiger partial charge on any atom is 0.305 e. The van der Waals surface area contributed by atoms with Crippen LogP contribution in [-0.4, -0.2) is 61.6 Å². The SMILES string of the molecule is CCNC(=NCCCCCCC(=O)OCC)NC1CCN(C(=O)CC)C1. The first-order valence-electron chi connectivity index (χ1n) is 10.1. The Morgan fingerprint density at radius 3 is 2.62 bits per heavy atom. The number of carbonyl (C=O) groups excluding carboxylic acids is 2. The number of unbranched alkanes of at least 4 members (excludes halogenated alkanes) is 3. The van der Waals surface area contributed by atoms with Gasteiger partial charge in [0.1, 0.15) is 0 Å². The lowest BCUT2D eigenvalue weighted by Gasteiger charge is -2.18. The lowest BCUT2D eigenvalue weighted by molar-refractivity contribution is -0.143. The summed E-state index contributed by atoms with van der Waals surface area (Å²) in [6.07, 6.45) is 6.01. The first-order valence-corrected chi connectivity index (χ1v) is 10.1. The summed E-state index contributed by atoms with van der Waals surface area (Å²) in [6, 6.07) is 0.271. The second kappa shape index (κ2) is 13.4. The Balaban J connectivity index is 2.23. The van der Waals surface area contributed by atoms with E-state index in [1.54, 1.807) is 0 Å². The molecule has 26 heavy (non-hydrogen) atoms. The van der Waals surface area contributed by atoms with Gasteiger partial charge >= 0.3 is 5.97 Å². The number of hydrogen-bond acceptors (Lipinski definition) is 4. The summed E-state index contributed by atoms with van der Waals surface area (Å²) >= 11 is 0. The Hall–Kier alpha value is -1.79. The second-order valence-corrected chi connectivity index (χ2v) is 6.55. The van der Waals surface area contributed by atoms with Gasteiger partial charge in [0.25, 0.3) is 0 Å². The number of rotatable bonds is 11. The summed E-state index contributed by atoms with van der Waals surface area (Å²) in [5.74, 6) is 0.949. The van der Waals surface area contributed by atoms with Crippen LogP contribution in [0.3, 0.4) is 0 Å². The lowest BCUT2D eigenvalue weighted by Crippen LogP contribution is -2.45. The highest BCUT2D eigenvalue weighted by atomic mass is 16.5. The van der Waals surface area contributed by atoms with Crippen molar-refractivity contribution in [2.24, 2.45) is 4.99 Å². The number of hydrogen-bond donors (Lipinski definition) is 2. The molecule has 1 heterocycles. The van der Waals surface area contributed by atoms with E-state index in [1.807, 2.05) is 25.7 Å². The summed E-state index contributed by atoms with van der Waals surface area (Å²) in [6.45, 7) is 9.40. The molecule has 0 aliphatic carbocycles. The third kappa shape index (κ3) is 9.06. The molecule has 1 amide bonds. The summed E-state index contributed by atoms with van der Waals surface area (Å²) < 4.78 is 4.92. The van der Waals surface area contributed by atoms with Crippen molar-refractivity contribution >= 4 is 17.8 Å². The zero-order valence-electron chi connectivity index (χ0n) is 16.7. The van der Waals surface area contributed by atoms with Crippen LogP contribution in [0, 0.1) is 0 Å². The summed E-state index contributed by atoms with van der Waals surface area (Å²) in [4.78, 5) is 29.6. The Bertz CT molecular complexity index is 454. The summed E-state index contributed by atoms with van der Waals surface area (Å²) in [7, 11) is 0. The van der Waals surface area contributed by atoms with E-state index in [0.717, 1.165) is 64.2 Å². The zero-order chi connectivity index (χ0) is 19.2. The third-order valence-corrected chi connectivity index (χ3v) is 4.39. The van der Waals surface area contributed by atoms with E-state index in [-0.39, 0.29) is 17.9 Å². The van der Waals surface area contributed by atoms with E-state index in [9.17, 15) is 9.59 Å². The average molecular weight is 369 g/mol. The number of guanidine groups is 1. The van der Waals surface area contributed by atoms with Gasteiger partial charge in [0.05, 0.1) is 6.61 Å². The van der Waals surface area contributed by atoms with Gasteiger partial charge in [0.15, 0.2) is 5.96 Å². The first-order chi connectivity index (χ1) is 12.6. The molecule has 0 aromatic heterocycles. The van der Waals surface area contributed by atoms with Crippen LogP contribution in [0.4, 0.5) is 0 Å². The number of ether oxygens (including phenoxy) is 1. The van der Waals surface area contributed by atoms with Crippen molar-refractivity contribution in [3.63, 3.8) is 0 Å². The molecule has 1 fully saturated rings. The van der Waals surface area contributed by atoms with E-state index in [4.69, 9.17) is 4.74 Å². The smallest absolute Gasteiger partial charge is 0.305 e. The Labute approximate surface area is 157 Å². The van der Waals surface area contributed by atoms with Gasteiger partial charge in [-0.1, -0.05) is 19.8 Å². The molecular weight excluding hydrogens is 332 g/mol. The molecule has 1 rings (SSSR count). The number of carbonyl (C=O) groups is 2. The maximum absolute atomic E-state index is 11.8. The van der Waals surface area contributed by atoms with Crippen molar-refractivity contribution in [3.05, 3.63) is 0 Å². The monoisotopic (exact) mass is 368 g/mol. The second-order valence-electron chi connectivity index (χ2n) is 6.55. The first kappa shape index (κ1) is 22.3. The normalized spacial score (nSPS) is 17.3. The van der Waals surface area contributed by atoms with Crippen LogP contribution in [0.2, 0.25) is 0 Å². The molecular formula is C19H36N4O3. The maximum atomic E-state index is 11.8. The number of nitrogens with one attached hydrogen (secondary N) is 2. The standard InChI is InChI=1S/C19H36N4O3/c1-4-17(24)23-14-12-16(15-23)22-19(20-5-2)21-13-10-8-7-9-11-18(25)26-6-3/h16H,4-15H2,1-3H3,(H2,20,21,22). The van der Waals surface area contributed by atoms with Gasteiger partial charge < -0.3 is 20.3 Å². The van der Waals surface area contributed by atoms with Gasteiger partial charge in [0.2, 0.25) is 5.91 Å². The van der Waals surface area contributed by atoms with Crippen LogP contribution in [0.15, 0.2) is 4.99 Å². The predicted octanol–water partition coefficient (Wildman–Crippen LogP) is 2.07. The average Bonchev–Trinajstić information content (AvgIpc) is 3.09. The molecule has 0 aromatic rings. The summed E-state index contributed by atoms with van der Waals surface area (Å²) in [5, 5.41) is 6.71. The van der Waals surface area contributed by atoms with Gasteiger partial charge in [-0.3, -0.25) is 14.6 Å². The van der Waals surface area contributed by atoms with Crippen LogP contribution < -0.4 is 10.6 Å². The third-order valence-electron chi connectivity index (χ3n) is 4.39. The minimum atomic E-state index is -0.101. The van der Waals surface area contributed by atoms with E-state index >= 15 is 0 Å². The van der Waals surface area contributed by atoms with Gasteiger partial charge in [-0.05, 0) is 33.1 Å². The van der Waals surface area contributed by atoms with Gasteiger partial charge in [0, 0.05) is 45.1 Å². The van der Waals surface area contributed by atoms with Crippen LogP contribution in [0.5, 0.6) is 0 Å². The van der Waals surface area contributed by atoms with Crippen LogP contribution >= 0.6 is 0 Å². The predicted molar refractivity (Wildman–Crippen MR) is 104 cm³/mol. The molecule has 2 N–H and O–H groups in total. The quantitative estimate of drug-likeness (QED) is 0.252. The highest BCUT2D eigenvalue weighted by molar-refractivity contribution is 5.80. The summed E-state index contributed by atoms with van der Waals surface area (Å²) in [5.41, 5.74) is 0. The number of amides is 1. The molecule has 1 saturated heterocycles. The lowest BCUT2D eigenvalue weighted by atomic mass is 10.1. The van der Waals surface area contributed by atoms with Crippen molar-refractivity contribution < 1.29 is 14.3 Å². The fourth-order valence-electron chi connectivity index (χ4n) is 3.00. The van der Waals surface area contributed by atoms with Crippen LogP contribution in [0.25, 0.3) is 0 Å². The molecule has 1 unspecified atom stereocenters. The van der Waals surface area contributed by atoms with E-state index in [1.165, 1.54) is 0 Å². The minimum absolute atomic E-state index is 0.101. The van der Waals surface area contributed by atoms with Crippen molar-refractivity contribution in [2.45, 2.75) is 71.8 Å². The zero-order valence-corrected chi connectivity index (χ0v) is 16.7. The van der Waals surface area contributed by atoms with E-state index < -0.39 is 0 Å². The molecule has 1 aliphatic rings. The highest BCUT2D eigenvalue weighted by Gasteiger charge is 2.25. The molecule has 150 valence electrons. The molecule has 1 aliphatic heterocycles. The Morgan fingerprint density at radius 2 is 1.92 bits per heavy atom. The Kier molecular flexibility index (Phi) is 11.5. The largest absolute Gasteiger partial charge is 0.466 e. The van der Waals surface area contributed by atoms with Crippen molar-refractivity contribution in [3.8, 4) is 0 Å². The minimum Gasteiger partial charge on any atom is -0.466 e. The van der Waals surface area contributed by atoms with Crippen molar-refractivity contribution in [1.82, 2.24) is 15.5 Å². The molecule has 0 spiro atoms. The highest BCUT2D eigenvalue weighted by Crippen LogP contribution is 2.10. The number of nitrogens with zero attached hydrogens (tertiary/aromatic N) is 2. The van der Waals surface area contributed by atoms with Crippen LogP contribution in [-0.2, 0) is 14.3 Å². The number of likely N-dealkylation sites (tertiary alicyclic amines) is 1. The van der Waals surface area contributed by atoms with Gasteiger partial charge in [-0.15, -0.1) is 0 Å². The fraction of sp³-hybridized carbons (Fsp3) is 0.842.